The maximum Gasteiger partial charge on any atom is 0.318 e. The Morgan fingerprint density at radius 1 is 1.29 bits per heavy atom. The monoisotopic (exact) mass is 328 g/mol. The zero-order chi connectivity index (χ0) is 17.4. The first kappa shape index (κ1) is 16.3. The van der Waals surface area contributed by atoms with Crippen LogP contribution >= 0.6 is 0 Å². The lowest BCUT2D eigenvalue weighted by molar-refractivity contribution is -0.386. The Bertz CT molecular complexity index is 804. The second-order valence-electron chi connectivity index (χ2n) is 6.40. The van der Waals surface area contributed by atoms with Crippen LogP contribution in [0.1, 0.15) is 28.2 Å². The van der Waals surface area contributed by atoms with Gasteiger partial charge >= 0.3 is 5.69 Å². The minimum absolute atomic E-state index is 0.0994. The molecule has 0 amide bonds. The fourth-order valence-corrected chi connectivity index (χ4v) is 3.45. The van der Waals surface area contributed by atoms with E-state index in [-0.39, 0.29) is 11.6 Å². The van der Waals surface area contributed by atoms with Crippen molar-refractivity contribution in [2.24, 2.45) is 0 Å². The number of hydrogen-bond acceptors (Lipinski definition) is 5. The minimum Gasteiger partial charge on any atom is -0.504 e. The van der Waals surface area contributed by atoms with Crippen LogP contribution in [0.2, 0.25) is 0 Å². The highest BCUT2D eigenvalue weighted by atomic mass is 16.6. The van der Waals surface area contributed by atoms with Crippen LogP contribution < -0.4 is 0 Å². The van der Waals surface area contributed by atoms with E-state index in [2.05, 4.69) is 11.0 Å². The lowest BCUT2D eigenvalue weighted by Crippen LogP contribution is -2.24. The van der Waals surface area contributed by atoms with Gasteiger partial charge in [0.2, 0.25) is 5.75 Å². The number of nitrogens with zero attached hydrogens (tertiary/aromatic N) is 2. The normalized spacial score (nSPS) is 18.0. The van der Waals surface area contributed by atoms with Crippen LogP contribution in [0.25, 0.3) is 0 Å². The molecule has 2 aromatic carbocycles. The van der Waals surface area contributed by atoms with E-state index in [0.29, 0.717) is 30.6 Å². The van der Waals surface area contributed by atoms with Crippen molar-refractivity contribution < 1.29 is 15.1 Å². The SMILES string of the molecule is Cc1cccc([C@@H]2CN(C)CCc3c2cc(O)c(O)c3[N+](=O)[O-])c1. The third kappa shape index (κ3) is 2.80. The molecule has 0 unspecified atom stereocenters. The zero-order valence-corrected chi connectivity index (χ0v) is 13.7. The second kappa shape index (κ2) is 6.13. The van der Waals surface area contributed by atoms with E-state index < -0.39 is 16.4 Å². The van der Waals surface area contributed by atoms with Crippen molar-refractivity contribution in [3.8, 4) is 11.5 Å². The van der Waals surface area contributed by atoms with Crippen molar-refractivity contribution in [2.75, 3.05) is 20.1 Å². The van der Waals surface area contributed by atoms with Crippen molar-refractivity contribution in [1.29, 1.82) is 0 Å². The molecule has 1 heterocycles. The number of benzene rings is 2. The summed E-state index contributed by atoms with van der Waals surface area (Å²) in [5.74, 6) is -1.19. The van der Waals surface area contributed by atoms with Gasteiger partial charge in [-0.05, 0) is 37.6 Å². The van der Waals surface area contributed by atoms with Gasteiger partial charge in [-0.3, -0.25) is 10.1 Å². The van der Waals surface area contributed by atoms with E-state index in [1.165, 1.54) is 6.07 Å². The molecular formula is C18H20N2O4. The average Bonchev–Trinajstić information content (AvgIpc) is 2.68. The van der Waals surface area contributed by atoms with E-state index in [1.54, 1.807) is 0 Å². The number of nitro benzene ring substituents is 1. The Morgan fingerprint density at radius 2 is 2.04 bits per heavy atom. The van der Waals surface area contributed by atoms with Crippen molar-refractivity contribution in [3.63, 3.8) is 0 Å². The number of aromatic hydroxyl groups is 2. The van der Waals surface area contributed by atoms with Crippen molar-refractivity contribution >= 4 is 5.69 Å². The maximum absolute atomic E-state index is 11.5. The molecule has 6 heteroatoms. The molecule has 0 bridgehead atoms. The van der Waals surface area contributed by atoms with Crippen LogP contribution in [0, 0.1) is 17.0 Å². The number of fused-ring (bicyclic) bond motifs is 1. The summed E-state index contributed by atoms with van der Waals surface area (Å²) >= 11 is 0. The highest BCUT2D eigenvalue weighted by molar-refractivity contribution is 5.64. The van der Waals surface area contributed by atoms with Gasteiger partial charge in [-0.15, -0.1) is 0 Å². The maximum atomic E-state index is 11.5. The lowest BCUT2D eigenvalue weighted by atomic mass is 9.86. The predicted octanol–water partition coefficient (Wildman–Crippen LogP) is 2.93. The summed E-state index contributed by atoms with van der Waals surface area (Å²) < 4.78 is 0. The van der Waals surface area contributed by atoms with Gasteiger partial charge in [-0.25, -0.2) is 0 Å². The zero-order valence-electron chi connectivity index (χ0n) is 13.7. The minimum atomic E-state index is -0.647. The molecule has 126 valence electrons. The summed E-state index contributed by atoms with van der Waals surface area (Å²) in [6.07, 6.45) is 0.457. The summed E-state index contributed by atoms with van der Waals surface area (Å²) in [5, 5.41) is 31.4. The Balaban J connectivity index is 2.25. The molecule has 1 aliphatic rings. The number of rotatable bonds is 2. The Kier molecular flexibility index (Phi) is 4.15. The molecule has 0 spiro atoms. The van der Waals surface area contributed by atoms with E-state index in [0.717, 1.165) is 11.1 Å². The molecule has 0 radical (unpaired) electrons. The molecule has 0 saturated carbocycles. The summed E-state index contributed by atoms with van der Waals surface area (Å²) in [6.45, 7) is 3.35. The number of aryl methyl sites for hydroxylation is 1. The van der Waals surface area contributed by atoms with E-state index in [9.17, 15) is 20.3 Å². The van der Waals surface area contributed by atoms with Gasteiger partial charge in [-0.2, -0.15) is 0 Å². The molecule has 1 aliphatic heterocycles. The molecule has 0 aromatic heterocycles. The molecule has 6 nitrogen and oxygen atoms in total. The molecule has 0 fully saturated rings. The van der Waals surface area contributed by atoms with Crippen LogP contribution in [0.5, 0.6) is 11.5 Å². The fraction of sp³-hybridized carbons (Fsp3) is 0.333. The first-order valence-electron chi connectivity index (χ1n) is 7.85. The number of phenols is 2. The third-order valence-electron chi connectivity index (χ3n) is 4.63. The van der Waals surface area contributed by atoms with Gasteiger partial charge in [0.1, 0.15) is 0 Å². The summed E-state index contributed by atoms with van der Waals surface area (Å²) in [6, 6.07) is 9.50. The number of likely N-dealkylation sites (N-methyl/N-ethyl adjacent to an activating group) is 1. The van der Waals surface area contributed by atoms with E-state index in [1.807, 2.05) is 32.2 Å². The number of hydrogen-bond donors (Lipinski definition) is 2. The summed E-state index contributed by atoms with van der Waals surface area (Å²) in [4.78, 5) is 13.0. The van der Waals surface area contributed by atoms with Crippen molar-refractivity contribution in [1.82, 2.24) is 4.90 Å². The van der Waals surface area contributed by atoms with Gasteiger partial charge in [0.25, 0.3) is 0 Å². The topological polar surface area (TPSA) is 86.8 Å². The van der Waals surface area contributed by atoms with Crippen LogP contribution in [0.15, 0.2) is 30.3 Å². The lowest BCUT2D eigenvalue weighted by Gasteiger charge is -2.22. The predicted molar refractivity (Wildman–Crippen MR) is 90.6 cm³/mol. The molecule has 0 aliphatic carbocycles. The molecule has 3 rings (SSSR count). The summed E-state index contributed by atoms with van der Waals surface area (Å²) in [5.41, 5.74) is 3.00. The second-order valence-corrected chi connectivity index (χ2v) is 6.40. The van der Waals surface area contributed by atoms with Crippen molar-refractivity contribution in [2.45, 2.75) is 19.3 Å². The molecule has 24 heavy (non-hydrogen) atoms. The third-order valence-corrected chi connectivity index (χ3v) is 4.63. The number of phenolic OH excluding ortho intramolecular Hbond substituents is 2. The Morgan fingerprint density at radius 3 is 2.71 bits per heavy atom. The Labute approximate surface area is 140 Å². The molecule has 2 aromatic rings. The van der Waals surface area contributed by atoms with Gasteiger partial charge < -0.3 is 15.1 Å². The summed E-state index contributed by atoms with van der Waals surface area (Å²) in [7, 11) is 1.97. The molecule has 0 saturated heterocycles. The van der Waals surface area contributed by atoms with Gasteiger partial charge in [0.05, 0.1) is 4.92 Å². The van der Waals surface area contributed by atoms with Gasteiger partial charge in [-0.1, -0.05) is 29.8 Å². The highest BCUT2D eigenvalue weighted by Crippen LogP contribution is 2.45. The smallest absolute Gasteiger partial charge is 0.318 e. The van der Waals surface area contributed by atoms with Gasteiger partial charge in [0.15, 0.2) is 5.75 Å². The molecule has 1 atom stereocenters. The van der Waals surface area contributed by atoms with Crippen molar-refractivity contribution in [3.05, 3.63) is 62.7 Å². The Hall–Kier alpha value is -2.60. The van der Waals surface area contributed by atoms with Gasteiger partial charge in [0, 0.05) is 24.6 Å². The van der Waals surface area contributed by atoms with Crippen LogP contribution in [-0.4, -0.2) is 40.2 Å². The fourth-order valence-electron chi connectivity index (χ4n) is 3.45. The first-order chi connectivity index (χ1) is 11.4. The van der Waals surface area contributed by atoms with Crippen LogP contribution in [0.3, 0.4) is 0 Å². The largest absolute Gasteiger partial charge is 0.504 e. The molecule has 2 N–H and O–H groups in total. The quantitative estimate of drug-likeness (QED) is 0.503. The highest BCUT2D eigenvalue weighted by Gasteiger charge is 2.32. The first-order valence-corrected chi connectivity index (χ1v) is 7.85. The molecular weight excluding hydrogens is 308 g/mol. The van der Waals surface area contributed by atoms with E-state index >= 15 is 0 Å². The van der Waals surface area contributed by atoms with E-state index in [4.69, 9.17) is 0 Å². The van der Waals surface area contributed by atoms with Crippen LogP contribution in [0.4, 0.5) is 5.69 Å². The van der Waals surface area contributed by atoms with Crippen LogP contribution in [-0.2, 0) is 6.42 Å². The standard InChI is InChI=1S/C18H20N2O4/c1-11-4-3-5-12(8-11)15-10-19(2)7-6-13-14(15)9-16(21)18(22)17(13)20(23)24/h3-5,8-9,15,21-22H,6-7,10H2,1-2H3/t15-/m0/s1. The number of nitro groups is 1. The average molecular weight is 328 g/mol.